The van der Waals surface area contributed by atoms with Crippen molar-refractivity contribution >= 4 is 29.3 Å². The van der Waals surface area contributed by atoms with Gasteiger partial charge in [-0.25, -0.2) is 4.99 Å². The number of aliphatic imine (C=N–C) groups is 1. The number of halogens is 1. The summed E-state index contributed by atoms with van der Waals surface area (Å²) in [5.74, 6) is -0.166. The number of nitrogens with zero attached hydrogens (tertiary/aromatic N) is 4. The molecule has 152 valence electrons. The van der Waals surface area contributed by atoms with Gasteiger partial charge in [-0.05, 0) is 41.8 Å². The first kappa shape index (κ1) is 21.0. The van der Waals surface area contributed by atoms with Crippen molar-refractivity contribution in [2.75, 3.05) is 0 Å². The average molecular weight is 421 g/mol. The van der Waals surface area contributed by atoms with E-state index >= 15 is 0 Å². The summed E-state index contributed by atoms with van der Waals surface area (Å²) < 4.78 is 1.73. The Bertz CT molecular complexity index is 1160. The molecule has 0 saturated carbocycles. The number of nitrogens with one attached hydrogen (secondary N) is 1. The first-order valence-corrected chi connectivity index (χ1v) is 9.42. The number of carbonyl (C=O) groups is 1. The Labute approximate surface area is 179 Å². The molecule has 8 heteroatoms. The van der Waals surface area contributed by atoms with Crippen molar-refractivity contribution in [2.24, 2.45) is 17.8 Å². The molecule has 7 nitrogen and oxygen atoms in total. The summed E-state index contributed by atoms with van der Waals surface area (Å²) in [7, 11) is 1.86. The molecule has 0 atom stereocenters. The highest BCUT2D eigenvalue weighted by molar-refractivity contribution is 6.34. The summed E-state index contributed by atoms with van der Waals surface area (Å²) in [5.41, 5.74) is 10.1. The van der Waals surface area contributed by atoms with Gasteiger partial charge in [0.05, 0.1) is 11.8 Å². The first-order chi connectivity index (χ1) is 14.4. The van der Waals surface area contributed by atoms with Gasteiger partial charge in [0.2, 0.25) is 0 Å². The molecule has 30 heavy (non-hydrogen) atoms. The molecule has 0 spiro atoms. The normalized spacial score (nSPS) is 11.6. The minimum atomic E-state index is -0.350. The topological polar surface area (TPSA) is 98.2 Å². The number of pyridine rings is 1. The molecule has 0 aliphatic heterocycles. The number of carbonyl (C=O) groups excluding carboxylic acids is 1. The Morgan fingerprint density at radius 1 is 1.27 bits per heavy atom. The Balaban J connectivity index is 1.77. The highest BCUT2D eigenvalue weighted by Gasteiger charge is 2.11. The van der Waals surface area contributed by atoms with Crippen molar-refractivity contribution in [2.45, 2.75) is 6.92 Å². The Morgan fingerprint density at radius 3 is 2.73 bits per heavy atom. The molecular formula is C22H21ClN6O. The number of aryl methyl sites for hydroxylation is 2. The van der Waals surface area contributed by atoms with Crippen LogP contribution in [0.3, 0.4) is 0 Å². The number of nitrogens with two attached hydrogens (primary N) is 1. The molecule has 3 N–H and O–H groups in total. The predicted molar refractivity (Wildman–Crippen MR) is 120 cm³/mol. The molecule has 2 heterocycles. The van der Waals surface area contributed by atoms with E-state index in [1.54, 1.807) is 29.2 Å². The Kier molecular flexibility index (Phi) is 6.44. The van der Waals surface area contributed by atoms with Gasteiger partial charge in [-0.2, -0.15) is 5.10 Å². The van der Waals surface area contributed by atoms with Crippen LogP contribution in [0.25, 0.3) is 16.7 Å². The van der Waals surface area contributed by atoms with Crippen LogP contribution in [-0.2, 0) is 7.05 Å². The van der Waals surface area contributed by atoms with Crippen LogP contribution in [0.5, 0.6) is 0 Å². The summed E-state index contributed by atoms with van der Waals surface area (Å²) >= 11 is 6.36. The largest absolute Gasteiger partial charge is 0.402 e. The van der Waals surface area contributed by atoms with E-state index in [0.717, 1.165) is 16.7 Å². The van der Waals surface area contributed by atoms with Crippen LogP contribution in [0.15, 0.2) is 72.6 Å². The summed E-state index contributed by atoms with van der Waals surface area (Å²) in [6, 6.07) is 7.38. The standard InChI is InChI=1S/C22H21ClN6O/c1-14-6-7-25-12-19(14)22(30)28-21(9-24)26-10-15(2)18-8-16(4-5-20(18)23)17-11-27-29(3)13-17/h4-13H,2,24H2,1,3H3,(H,28,30)/b21-9+,26-10?. The van der Waals surface area contributed by atoms with Gasteiger partial charge < -0.3 is 11.1 Å². The minimum Gasteiger partial charge on any atom is -0.402 e. The van der Waals surface area contributed by atoms with Crippen LogP contribution < -0.4 is 11.1 Å². The van der Waals surface area contributed by atoms with Crippen molar-refractivity contribution in [3.05, 3.63) is 89.4 Å². The van der Waals surface area contributed by atoms with Gasteiger partial charge in [-0.3, -0.25) is 14.5 Å². The molecule has 0 aliphatic carbocycles. The van der Waals surface area contributed by atoms with Gasteiger partial charge in [-0.1, -0.05) is 24.2 Å². The molecule has 0 saturated heterocycles. The monoisotopic (exact) mass is 420 g/mol. The van der Waals surface area contributed by atoms with E-state index in [-0.39, 0.29) is 11.7 Å². The molecule has 3 rings (SSSR count). The number of benzene rings is 1. The lowest BCUT2D eigenvalue weighted by atomic mass is 10.0. The fraction of sp³-hybridized carbons (Fsp3) is 0.0909. The molecule has 1 aromatic carbocycles. The first-order valence-electron chi connectivity index (χ1n) is 9.05. The summed E-state index contributed by atoms with van der Waals surface area (Å²) in [5, 5.41) is 7.38. The van der Waals surface area contributed by atoms with E-state index in [9.17, 15) is 4.79 Å². The Morgan fingerprint density at radius 2 is 2.07 bits per heavy atom. The minimum absolute atomic E-state index is 0.184. The van der Waals surface area contributed by atoms with Crippen LogP contribution in [-0.4, -0.2) is 26.9 Å². The molecule has 1 amide bonds. The number of amides is 1. The van der Waals surface area contributed by atoms with Gasteiger partial charge >= 0.3 is 0 Å². The van der Waals surface area contributed by atoms with Crippen molar-refractivity contribution in [3.8, 4) is 11.1 Å². The number of allylic oxidation sites excluding steroid dienone is 1. The third-order valence-corrected chi connectivity index (χ3v) is 4.72. The van der Waals surface area contributed by atoms with E-state index in [1.807, 2.05) is 32.3 Å². The zero-order valence-electron chi connectivity index (χ0n) is 16.6. The predicted octanol–water partition coefficient (Wildman–Crippen LogP) is 3.72. The molecule has 0 radical (unpaired) electrons. The van der Waals surface area contributed by atoms with Gasteiger partial charge in [0.25, 0.3) is 5.91 Å². The molecule has 2 aromatic heterocycles. The third kappa shape index (κ3) is 4.82. The molecule has 3 aromatic rings. The van der Waals surface area contributed by atoms with Gasteiger partial charge in [0.1, 0.15) is 5.82 Å². The number of hydrogen-bond acceptors (Lipinski definition) is 5. The lowest BCUT2D eigenvalue weighted by Gasteiger charge is -2.08. The summed E-state index contributed by atoms with van der Waals surface area (Å²) in [6.45, 7) is 5.86. The smallest absolute Gasteiger partial charge is 0.258 e. The van der Waals surface area contributed by atoms with E-state index in [0.29, 0.717) is 21.7 Å². The lowest BCUT2D eigenvalue weighted by Crippen LogP contribution is -2.23. The fourth-order valence-electron chi connectivity index (χ4n) is 2.74. The number of hydrogen-bond donors (Lipinski definition) is 2. The molecule has 0 fully saturated rings. The second-order valence-electron chi connectivity index (χ2n) is 6.58. The molecule has 0 bridgehead atoms. The SMILES string of the molecule is C=C(C=N/C(=C\N)NC(=O)c1cnccc1C)c1cc(-c2cnn(C)c2)ccc1Cl. The quantitative estimate of drug-likeness (QED) is 0.594. The van der Waals surface area contributed by atoms with E-state index < -0.39 is 0 Å². The van der Waals surface area contributed by atoms with Crippen LogP contribution in [0, 0.1) is 6.92 Å². The van der Waals surface area contributed by atoms with Crippen LogP contribution in [0.4, 0.5) is 0 Å². The highest BCUT2D eigenvalue weighted by Crippen LogP contribution is 2.28. The van der Waals surface area contributed by atoms with Crippen molar-refractivity contribution in [1.82, 2.24) is 20.1 Å². The second kappa shape index (κ2) is 9.19. The third-order valence-electron chi connectivity index (χ3n) is 4.39. The highest BCUT2D eigenvalue weighted by atomic mass is 35.5. The maximum Gasteiger partial charge on any atom is 0.258 e. The zero-order valence-corrected chi connectivity index (χ0v) is 17.4. The number of rotatable bonds is 6. The molecule has 0 aliphatic rings. The van der Waals surface area contributed by atoms with E-state index in [1.165, 1.54) is 18.6 Å². The van der Waals surface area contributed by atoms with E-state index in [4.69, 9.17) is 17.3 Å². The zero-order chi connectivity index (χ0) is 21.7. The Hall–Kier alpha value is -3.71. The summed E-state index contributed by atoms with van der Waals surface area (Å²) in [4.78, 5) is 20.7. The maximum atomic E-state index is 12.4. The molecular weight excluding hydrogens is 400 g/mol. The van der Waals surface area contributed by atoms with Crippen LogP contribution in [0.2, 0.25) is 5.02 Å². The fourth-order valence-corrected chi connectivity index (χ4v) is 2.98. The average Bonchev–Trinajstić information content (AvgIpc) is 3.17. The van der Waals surface area contributed by atoms with Crippen LogP contribution >= 0.6 is 11.6 Å². The van der Waals surface area contributed by atoms with Crippen molar-refractivity contribution in [3.63, 3.8) is 0 Å². The summed E-state index contributed by atoms with van der Waals surface area (Å²) in [6.07, 6.45) is 9.51. The van der Waals surface area contributed by atoms with Gasteiger partial charge in [0, 0.05) is 54.2 Å². The second-order valence-corrected chi connectivity index (χ2v) is 6.98. The van der Waals surface area contributed by atoms with E-state index in [2.05, 4.69) is 27.0 Å². The maximum absolute atomic E-state index is 12.4. The lowest BCUT2D eigenvalue weighted by molar-refractivity contribution is 0.0964. The van der Waals surface area contributed by atoms with Crippen LogP contribution in [0.1, 0.15) is 21.5 Å². The van der Waals surface area contributed by atoms with Gasteiger partial charge in [0.15, 0.2) is 0 Å². The van der Waals surface area contributed by atoms with Crippen molar-refractivity contribution in [1.29, 1.82) is 0 Å². The van der Waals surface area contributed by atoms with Crippen molar-refractivity contribution < 1.29 is 4.79 Å². The number of aromatic nitrogens is 3. The molecule has 0 unspecified atom stereocenters. The van der Waals surface area contributed by atoms with Gasteiger partial charge in [-0.15, -0.1) is 0 Å².